The standard InChI is InChI=1S/C20H22N2O6S/c21-14-11-15(29(26,27)28)18(22-9-5-1-2-6-10-23)17-16(14)19(24)12-7-3-4-8-13(12)20(17)25/h3-4,7-8,11,22-23H,1-2,5-6,9-10,21H2,(H,26,27,28). The molecule has 0 aliphatic heterocycles. The zero-order valence-electron chi connectivity index (χ0n) is 15.6. The van der Waals surface area contributed by atoms with Gasteiger partial charge in [-0.2, -0.15) is 8.42 Å². The van der Waals surface area contributed by atoms with Crippen LogP contribution < -0.4 is 11.1 Å². The fraction of sp³-hybridized carbons (Fsp3) is 0.300. The second kappa shape index (κ2) is 8.32. The van der Waals surface area contributed by atoms with Crippen LogP contribution in [0.4, 0.5) is 11.4 Å². The van der Waals surface area contributed by atoms with Crippen molar-refractivity contribution in [2.24, 2.45) is 0 Å². The van der Waals surface area contributed by atoms with E-state index in [1.54, 1.807) is 12.1 Å². The molecule has 0 saturated heterocycles. The van der Waals surface area contributed by atoms with E-state index < -0.39 is 26.6 Å². The van der Waals surface area contributed by atoms with Crippen LogP contribution in [0.2, 0.25) is 0 Å². The number of rotatable bonds is 8. The molecule has 0 amide bonds. The second-order valence-electron chi connectivity index (χ2n) is 6.83. The molecule has 9 heteroatoms. The van der Waals surface area contributed by atoms with E-state index in [-0.39, 0.29) is 40.2 Å². The van der Waals surface area contributed by atoms with E-state index in [1.807, 2.05) is 0 Å². The summed E-state index contributed by atoms with van der Waals surface area (Å²) < 4.78 is 33.5. The summed E-state index contributed by atoms with van der Waals surface area (Å²) in [4.78, 5) is 25.5. The Morgan fingerprint density at radius 1 is 0.931 bits per heavy atom. The molecule has 2 aromatic carbocycles. The van der Waals surface area contributed by atoms with Gasteiger partial charge in [-0.25, -0.2) is 0 Å². The molecule has 5 N–H and O–H groups in total. The van der Waals surface area contributed by atoms with Crippen molar-refractivity contribution in [3.8, 4) is 0 Å². The number of hydrogen-bond donors (Lipinski definition) is 4. The van der Waals surface area contributed by atoms with Crippen LogP contribution in [0.5, 0.6) is 0 Å². The van der Waals surface area contributed by atoms with Crippen LogP contribution in [0, 0.1) is 0 Å². The quantitative estimate of drug-likeness (QED) is 0.247. The first-order chi connectivity index (χ1) is 13.8. The van der Waals surface area contributed by atoms with Crippen molar-refractivity contribution in [3.63, 3.8) is 0 Å². The van der Waals surface area contributed by atoms with E-state index >= 15 is 0 Å². The van der Waals surface area contributed by atoms with E-state index in [4.69, 9.17) is 10.8 Å². The Balaban J connectivity index is 2.09. The van der Waals surface area contributed by atoms with Crippen molar-refractivity contribution in [3.05, 3.63) is 52.6 Å². The summed E-state index contributed by atoms with van der Waals surface area (Å²) in [6.07, 6.45) is 2.88. The molecule has 0 aromatic heterocycles. The molecule has 0 unspecified atom stereocenters. The third-order valence-corrected chi connectivity index (χ3v) is 5.73. The molecule has 0 spiro atoms. The topological polar surface area (TPSA) is 147 Å². The van der Waals surface area contributed by atoms with Gasteiger partial charge in [0.05, 0.1) is 16.8 Å². The van der Waals surface area contributed by atoms with E-state index in [0.29, 0.717) is 19.4 Å². The summed E-state index contributed by atoms with van der Waals surface area (Å²) in [5.74, 6) is -1.00. The van der Waals surface area contributed by atoms with Crippen LogP contribution in [-0.4, -0.2) is 42.8 Å². The average molecular weight is 418 g/mol. The molecular formula is C20H22N2O6S. The molecule has 1 aliphatic rings. The maximum absolute atomic E-state index is 13.1. The van der Waals surface area contributed by atoms with Gasteiger partial charge < -0.3 is 16.2 Å². The van der Waals surface area contributed by atoms with Gasteiger partial charge in [-0.3, -0.25) is 14.1 Å². The number of nitrogens with one attached hydrogen (secondary N) is 1. The molecule has 0 bridgehead atoms. The molecule has 0 saturated carbocycles. The second-order valence-corrected chi connectivity index (χ2v) is 8.22. The van der Waals surface area contributed by atoms with Crippen molar-refractivity contribution in [1.82, 2.24) is 0 Å². The molecule has 0 radical (unpaired) electrons. The van der Waals surface area contributed by atoms with Gasteiger partial charge in [-0.1, -0.05) is 37.1 Å². The lowest BCUT2D eigenvalue weighted by Gasteiger charge is -2.24. The van der Waals surface area contributed by atoms with Gasteiger partial charge in [0.1, 0.15) is 4.90 Å². The highest BCUT2D eigenvalue weighted by Crippen LogP contribution is 2.39. The highest BCUT2D eigenvalue weighted by molar-refractivity contribution is 7.86. The number of carbonyl (C=O) groups excluding carboxylic acids is 2. The smallest absolute Gasteiger partial charge is 0.296 e. The first kappa shape index (κ1) is 21.0. The number of unbranched alkanes of at least 4 members (excludes halogenated alkanes) is 3. The highest BCUT2D eigenvalue weighted by Gasteiger charge is 2.36. The van der Waals surface area contributed by atoms with Gasteiger partial charge in [0.25, 0.3) is 10.1 Å². The molecule has 8 nitrogen and oxygen atoms in total. The van der Waals surface area contributed by atoms with Crippen LogP contribution in [0.15, 0.2) is 35.2 Å². The SMILES string of the molecule is Nc1cc(S(=O)(=O)O)c(NCCCCCCO)c2c1C(=O)c1ccccc1C2=O. The highest BCUT2D eigenvalue weighted by atomic mass is 32.2. The number of ketones is 2. The minimum Gasteiger partial charge on any atom is -0.398 e. The molecule has 3 rings (SSSR count). The number of anilines is 2. The van der Waals surface area contributed by atoms with E-state index in [1.165, 1.54) is 12.1 Å². The van der Waals surface area contributed by atoms with Gasteiger partial charge in [0, 0.05) is 30.0 Å². The van der Waals surface area contributed by atoms with E-state index in [9.17, 15) is 22.6 Å². The Labute approximate surface area is 168 Å². The van der Waals surface area contributed by atoms with Crippen molar-refractivity contribution < 1.29 is 27.7 Å². The predicted molar refractivity (Wildman–Crippen MR) is 108 cm³/mol. The first-order valence-corrected chi connectivity index (χ1v) is 10.7. The predicted octanol–water partition coefficient (Wildman–Crippen LogP) is 2.26. The summed E-state index contributed by atoms with van der Waals surface area (Å²) in [5.41, 5.74) is 5.77. The molecule has 0 atom stereocenters. The number of nitrogens with two attached hydrogens (primary N) is 1. The molecule has 0 fully saturated rings. The lowest BCUT2D eigenvalue weighted by molar-refractivity contribution is 0.0980. The van der Waals surface area contributed by atoms with Gasteiger partial charge in [0.2, 0.25) is 0 Å². The van der Waals surface area contributed by atoms with Crippen molar-refractivity contribution in [1.29, 1.82) is 0 Å². The molecule has 2 aromatic rings. The molecule has 1 aliphatic carbocycles. The van der Waals surface area contributed by atoms with Crippen LogP contribution >= 0.6 is 0 Å². The van der Waals surface area contributed by atoms with Crippen LogP contribution in [0.3, 0.4) is 0 Å². The van der Waals surface area contributed by atoms with Gasteiger partial charge in [-0.05, 0) is 18.9 Å². The number of aliphatic hydroxyl groups is 1. The average Bonchev–Trinajstić information content (AvgIpc) is 2.68. The monoisotopic (exact) mass is 418 g/mol. The fourth-order valence-corrected chi connectivity index (χ4v) is 4.19. The third kappa shape index (κ3) is 4.02. The van der Waals surface area contributed by atoms with Crippen LogP contribution in [0.1, 0.15) is 57.5 Å². The number of aliphatic hydroxyl groups excluding tert-OH is 1. The maximum atomic E-state index is 13.1. The zero-order valence-corrected chi connectivity index (χ0v) is 16.5. The lowest BCUT2D eigenvalue weighted by Crippen LogP contribution is -2.25. The van der Waals surface area contributed by atoms with Gasteiger partial charge in [0.15, 0.2) is 11.6 Å². The number of nitrogen functional groups attached to an aromatic ring is 1. The largest absolute Gasteiger partial charge is 0.398 e. The van der Waals surface area contributed by atoms with Crippen LogP contribution in [0.25, 0.3) is 0 Å². The third-order valence-electron chi connectivity index (χ3n) is 4.86. The molecule has 29 heavy (non-hydrogen) atoms. The fourth-order valence-electron chi connectivity index (χ4n) is 3.48. The summed E-state index contributed by atoms with van der Waals surface area (Å²) in [5, 5.41) is 11.7. The normalized spacial score (nSPS) is 13.2. The van der Waals surface area contributed by atoms with E-state index in [2.05, 4.69) is 5.32 Å². The Bertz CT molecular complexity index is 1080. The zero-order chi connectivity index (χ0) is 21.2. The number of carbonyl (C=O) groups is 2. The summed E-state index contributed by atoms with van der Waals surface area (Å²) in [6, 6.07) is 7.25. The Kier molecular flexibility index (Phi) is 6.02. The molecule has 0 heterocycles. The lowest BCUT2D eigenvalue weighted by atomic mass is 9.82. The van der Waals surface area contributed by atoms with Crippen molar-refractivity contribution in [2.75, 3.05) is 24.2 Å². The van der Waals surface area contributed by atoms with Gasteiger partial charge >= 0.3 is 0 Å². The number of benzene rings is 2. The Morgan fingerprint density at radius 3 is 2.10 bits per heavy atom. The molecule has 154 valence electrons. The number of hydrogen-bond acceptors (Lipinski definition) is 7. The first-order valence-electron chi connectivity index (χ1n) is 9.24. The van der Waals surface area contributed by atoms with E-state index in [0.717, 1.165) is 18.9 Å². The number of fused-ring (bicyclic) bond motifs is 2. The van der Waals surface area contributed by atoms with Crippen molar-refractivity contribution >= 4 is 33.1 Å². The molecular weight excluding hydrogens is 396 g/mol. The Morgan fingerprint density at radius 2 is 1.52 bits per heavy atom. The Hall–Kier alpha value is -2.75. The summed E-state index contributed by atoms with van der Waals surface area (Å²) >= 11 is 0. The summed E-state index contributed by atoms with van der Waals surface area (Å²) in [7, 11) is -4.70. The van der Waals surface area contributed by atoms with Crippen LogP contribution in [-0.2, 0) is 10.1 Å². The van der Waals surface area contributed by atoms with Crippen molar-refractivity contribution in [2.45, 2.75) is 30.6 Å². The maximum Gasteiger partial charge on any atom is 0.296 e. The van der Waals surface area contributed by atoms with Gasteiger partial charge in [-0.15, -0.1) is 0 Å². The summed E-state index contributed by atoms with van der Waals surface area (Å²) in [6.45, 7) is 0.412. The minimum absolute atomic E-state index is 0.0659. The minimum atomic E-state index is -4.70.